The van der Waals surface area contributed by atoms with Gasteiger partial charge in [-0.1, -0.05) is 6.07 Å². The molecule has 6 nitrogen and oxygen atoms in total. The average molecular weight is 380 g/mol. The minimum Gasteiger partial charge on any atom is -0.493 e. The molecular weight excluding hydrogens is 356 g/mol. The highest BCUT2D eigenvalue weighted by atomic mass is 16.5. The third kappa shape index (κ3) is 3.43. The van der Waals surface area contributed by atoms with Crippen molar-refractivity contribution in [3.63, 3.8) is 0 Å². The lowest BCUT2D eigenvalue weighted by atomic mass is 10.0. The zero-order valence-electron chi connectivity index (χ0n) is 16.3. The van der Waals surface area contributed by atoms with E-state index in [0.29, 0.717) is 28.7 Å². The van der Waals surface area contributed by atoms with Gasteiger partial charge in [-0.25, -0.2) is 4.79 Å². The summed E-state index contributed by atoms with van der Waals surface area (Å²) in [5, 5.41) is 4.32. The van der Waals surface area contributed by atoms with E-state index in [2.05, 4.69) is 23.2 Å². The predicted octanol–water partition coefficient (Wildman–Crippen LogP) is 3.28. The molecule has 4 rings (SSSR count). The first-order valence-corrected chi connectivity index (χ1v) is 9.37. The first-order chi connectivity index (χ1) is 13.6. The molecule has 0 bridgehead atoms. The van der Waals surface area contributed by atoms with Crippen molar-refractivity contribution in [2.24, 2.45) is 0 Å². The van der Waals surface area contributed by atoms with Gasteiger partial charge in [0.15, 0.2) is 11.5 Å². The molecule has 1 saturated heterocycles. The SMILES string of the molecule is COc1ccc(-c2cc3ccc(N4CCNC(C)C4)cc3oc2=O)cc1OC. The number of piperazine rings is 1. The molecule has 1 atom stereocenters. The highest BCUT2D eigenvalue weighted by Gasteiger charge is 2.17. The molecular formula is C22H24N2O4. The lowest BCUT2D eigenvalue weighted by Gasteiger charge is -2.33. The fraction of sp³-hybridized carbons (Fsp3) is 0.318. The minimum atomic E-state index is -0.370. The van der Waals surface area contributed by atoms with Crippen LogP contribution in [0, 0.1) is 0 Å². The fourth-order valence-corrected chi connectivity index (χ4v) is 3.67. The lowest BCUT2D eigenvalue weighted by molar-refractivity contribution is 0.355. The van der Waals surface area contributed by atoms with Crippen molar-refractivity contribution in [1.82, 2.24) is 5.32 Å². The predicted molar refractivity (Wildman–Crippen MR) is 111 cm³/mol. The van der Waals surface area contributed by atoms with Crippen molar-refractivity contribution in [1.29, 1.82) is 0 Å². The molecule has 0 saturated carbocycles. The van der Waals surface area contributed by atoms with E-state index in [0.717, 1.165) is 36.3 Å². The van der Waals surface area contributed by atoms with Crippen LogP contribution in [0.5, 0.6) is 11.5 Å². The molecule has 2 aromatic carbocycles. The van der Waals surface area contributed by atoms with Crippen LogP contribution in [-0.2, 0) is 0 Å². The van der Waals surface area contributed by atoms with Crippen molar-refractivity contribution < 1.29 is 13.9 Å². The summed E-state index contributed by atoms with van der Waals surface area (Å²) in [5.41, 5.74) is 2.52. The third-order valence-corrected chi connectivity index (χ3v) is 5.15. The maximum absolute atomic E-state index is 12.7. The molecule has 1 aliphatic heterocycles. The molecule has 1 aromatic heterocycles. The number of fused-ring (bicyclic) bond motifs is 1. The Bertz CT molecular complexity index is 1060. The van der Waals surface area contributed by atoms with Crippen molar-refractivity contribution in [3.8, 4) is 22.6 Å². The molecule has 1 unspecified atom stereocenters. The lowest BCUT2D eigenvalue weighted by Crippen LogP contribution is -2.49. The van der Waals surface area contributed by atoms with Crippen LogP contribution < -0.4 is 25.3 Å². The van der Waals surface area contributed by atoms with E-state index in [1.54, 1.807) is 26.4 Å². The van der Waals surface area contributed by atoms with Crippen LogP contribution >= 0.6 is 0 Å². The average Bonchev–Trinajstić information content (AvgIpc) is 2.72. The van der Waals surface area contributed by atoms with Gasteiger partial charge in [0.05, 0.1) is 19.8 Å². The van der Waals surface area contributed by atoms with Gasteiger partial charge in [0.1, 0.15) is 5.58 Å². The van der Waals surface area contributed by atoms with E-state index in [-0.39, 0.29) is 5.63 Å². The second-order valence-corrected chi connectivity index (χ2v) is 7.04. The third-order valence-electron chi connectivity index (χ3n) is 5.15. The van der Waals surface area contributed by atoms with Gasteiger partial charge >= 0.3 is 5.63 Å². The molecule has 146 valence electrons. The van der Waals surface area contributed by atoms with Crippen LogP contribution in [0.15, 0.2) is 51.7 Å². The summed E-state index contributed by atoms with van der Waals surface area (Å²) in [6, 6.07) is 13.7. The number of methoxy groups -OCH3 is 2. The number of ether oxygens (including phenoxy) is 2. The van der Waals surface area contributed by atoms with Gasteiger partial charge in [0, 0.05) is 42.8 Å². The molecule has 1 aliphatic rings. The second kappa shape index (κ2) is 7.56. The van der Waals surface area contributed by atoms with Gasteiger partial charge in [-0.3, -0.25) is 0 Å². The molecule has 28 heavy (non-hydrogen) atoms. The summed E-state index contributed by atoms with van der Waals surface area (Å²) in [6.07, 6.45) is 0. The maximum atomic E-state index is 12.7. The summed E-state index contributed by atoms with van der Waals surface area (Å²) in [6.45, 7) is 4.98. The van der Waals surface area contributed by atoms with Gasteiger partial charge in [0.25, 0.3) is 0 Å². The van der Waals surface area contributed by atoms with Crippen LogP contribution in [0.4, 0.5) is 5.69 Å². The van der Waals surface area contributed by atoms with E-state index in [4.69, 9.17) is 13.9 Å². The normalized spacial score (nSPS) is 17.0. The smallest absolute Gasteiger partial charge is 0.344 e. The highest BCUT2D eigenvalue weighted by Crippen LogP contribution is 2.32. The number of hydrogen-bond donors (Lipinski definition) is 1. The van der Waals surface area contributed by atoms with Crippen LogP contribution in [0.2, 0.25) is 0 Å². The Morgan fingerprint density at radius 3 is 2.64 bits per heavy atom. The molecule has 0 radical (unpaired) electrons. The largest absolute Gasteiger partial charge is 0.493 e. The van der Waals surface area contributed by atoms with Crippen LogP contribution in [0.3, 0.4) is 0 Å². The molecule has 2 heterocycles. The Hall–Kier alpha value is -2.99. The second-order valence-electron chi connectivity index (χ2n) is 7.04. The Balaban J connectivity index is 1.73. The van der Waals surface area contributed by atoms with Gasteiger partial charge < -0.3 is 24.1 Å². The van der Waals surface area contributed by atoms with Gasteiger partial charge in [-0.15, -0.1) is 0 Å². The summed E-state index contributed by atoms with van der Waals surface area (Å²) < 4.78 is 16.3. The Labute approximate surface area is 163 Å². The first kappa shape index (κ1) is 18.4. The van der Waals surface area contributed by atoms with E-state index < -0.39 is 0 Å². The number of anilines is 1. The minimum absolute atomic E-state index is 0.370. The van der Waals surface area contributed by atoms with Crippen LogP contribution in [-0.4, -0.2) is 39.9 Å². The van der Waals surface area contributed by atoms with Gasteiger partial charge in [-0.2, -0.15) is 0 Å². The molecule has 1 N–H and O–H groups in total. The van der Waals surface area contributed by atoms with E-state index >= 15 is 0 Å². The standard InChI is InChI=1S/C22H24N2O4/c1-14-13-24(9-8-23-14)17-6-4-16-10-18(22(25)28-20(16)12-17)15-5-7-19(26-2)21(11-15)27-3/h4-7,10-12,14,23H,8-9,13H2,1-3H3. The molecule has 0 spiro atoms. The van der Waals surface area contributed by atoms with Gasteiger partial charge in [-0.05, 0) is 42.8 Å². The Morgan fingerprint density at radius 2 is 1.89 bits per heavy atom. The summed E-state index contributed by atoms with van der Waals surface area (Å²) in [4.78, 5) is 15.0. The van der Waals surface area contributed by atoms with Crippen LogP contribution in [0.25, 0.3) is 22.1 Å². The summed E-state index contributed by atoms with van der Waals surface area (Å²) in [5.74, 6) is 1.19. The summed E-state index contributed by atoms with van der Waals surface area (Å²) >= 11 is 0. The monoisotopic (exact) mass is 380 g/mol. The first-order valence-electron chi connectivity index (χ1n) is 9.37. The topological polar surface area (TPSA) is 63.9 Å². The molecule has 1 fully saturated rings. The Morgan fingerprint density at radius 1 is 1.07 bits per heavy atom. The maximum Gasteiger partial charge on any atom is 0.344 e. The molecule has 6 heteroatoms. The van der Waals surface area contributed by atoms with Crippen molar-refractivity contribution in [3.05, 3.63) is 52.9 Å². The highest BCUT2D eigenvalue weighted by molar-refractivity contribution is 5.84. The van der Waals surface area contributed by atoms with Crippen molar-refractivity contribution in [2.45, 2.75) is 13.0 Å². The Kier molecular flexibility index (Phi) is 4.96. The zero-order valence-corrected chi connectivity index (χ0v) is 16.3. The molecule has 3 aromatic rings. The molecule has 0 amide bonds. The number of nitrogens with one attached hydrogen (secondary N) is 1. The molecule has 0 aliphatic carbocycles. The number of benzene rings is 2. The van der Waals surface area contributed by atoms with Crippen molar-refractivity contribution >= 4 is 16.7 Å². The van der Waals surface area contributed by atoms with E-state index in [1.165, 1.54) is 0 Å². The number of rotatable bonds is 4. The van der Waals surface area contributed by atoms with Crippen molar-refractivity contribution in [2.75, 3.05) is 38.8 Å². The van der Waals surface area contributed by atoms with E-state index in [1.807, 2.05) is 24.3 Å². The van der Waals surface area contributed by atoms with E-state index in [9.17, 15) is 4.79 Å². The van der Waals surface area contributed by atoms with Crippen LogP contribution in [0.1, 0.15) is 6.92 Å². The fourth-order valence-electron chi connectivity index (χ4n) is 3.67. The number of hydrogen-bond acceptors (Lipinski definition) is 6. The van der Waals surface area contributed by atoms with Gasteiger partial charge in [0.2, 0.25) is 0 Å². The quantitative estimate of drug-likeness (QED) is 0.701. The number of nitrogens with zero attached hydrogens (tertiary/aromatic N) is 1. The zero-order chi connectivity index (χ0) is 19.7. The summed E-state index contributed by atoms with van der Waals surface area (Å²) in [7, 11) is 3.15.